The van der Waals surface area contributed by atoms with Crippen molar-refractivity contribution in [3.8, 4) is 11.3 Å². The van der Waals surface area contributed by atoms with Crippen molar-refractivity contribution in [2.24, 2.45) is 11.5 Å². The van der Waals surface area contributed by atoms with Crippen LogP contribution in [0.25, 0.3) is 27.7 Å². The Hall–Kier alpha value is -3.05. The molecule has 6 heteroatoms. The molecule has 5 N–H and O–H groups in total. The lowest BCUT2D eigenvalue weighted by atomic mass is 10.0. The van der Waals surface area contributed by atoms with Crippen LogP contribution in [0, 0.1) is 5.82 Å². The zero-order chi connectivity index (χ0) is 18.0. The molecule has 0 amide bonds. The van der Waals surface area contributed by atoms with Gasteiger partial charge in [0.1, 0.15) is 11.6 Å². The van der Waals surface area contributed by atoms with E-state index in [0.29, 0.717) is 22.0 Å². The predicted octanol–water partition coefficient (Wildman–Crippen LogP) is 3.97. The van der Waals surface area contributed by atoms with E-state index in [1.807, 2.05) is 18.2 Å². The van der Waals surface area contributed by atoms with Gasteiger partial charge in [-0.05, 0) is 23.8 Å². The van der Waals surface area contributed by atoms with Crippen LogP contribution >= 0.6 is 11.6 Å². The van der Waals surface area contributed by atoms with E-state index in [-0.39, 0.29) is 11.6 Å². The van der Waals surface area contributed by atoms with Crippen molar-refractivity contribution >= 4 is 28.1 Å². The fourth-order valence-electron chi connectivity index (χ4n) is 2.52. The third-order valence-electron chi connectivity index (χ3n) is 3.73. The summed E-state index contributed by atoms with van der Waals surface area (Å²) >= 11 is 6.25. The number of halogens is 2. The molecule has 3 aromatic rings. The Morgan fingerprint density at radius 3 is 2.64 bits per heavy atom. The van der Waals surface area contributed by atoms with Gasteiger partial charge in [0, 0.05) is 34.4 Å². The Bertz CT molecular complexity index is 994. The lowest BCUT2D eigenvalue weighted by molar-refractivity contribution is 0.631. The molecule has 0 spiro atoms. The molecule has 1 heterocycles. The minimum Gasteiger partial charge on any atom is -0.384 e. The Labute approximate surface area is 149 Å². The van der Waals surface area contributed by atoms with Gasteiger partial charge in [-0.1, -0.05) is 42.4 Å². The number of nitrogens with zero attached hydrogens (tertiary/aromatic N) is 1. The molecule has 0 aliphatic heterocycles. The summed E-state index contributed by atoms with van der Waals surface area (Å²) in [6.07, 6.45) is 2.97. The summed E-state index contributed by atoms with van der Waals surface area (Å²) in [5.74, 6) is -0.210. The summed E-state index contributed by atoms with van der Waals surface area (Å²) in [4.78, 5) is 4.34. The van der Waals surface area contributed by atoms with Crippen molar-refractivity contribution in [1.29, 1.82) is 0 Å². The van der Waals surface area contributed by atoms with Gasteiger partial charge in [0.15, 0.2) is 0 Å². The van der Waals surface area contributed by atoms with Gasteiger partial charge < -0.3 is 16.8 Å². The van der Waals surface area contributed by atoms with Crippen molar-refractivity contribution in [3.63, 3.8) is 0 Å². The van der Waals surface area contributed by atoms with Crippen molar-refractivity contribution < 1.29 is 4.39 Å². The predicted molar refractivity (Wildman–Crippen MR) is 101 cm³/mol. The van der Waals surface area contributed by atoms with Crippen LogP contribution in [-0.4, -0.2) is 4.98 Å². The van der Waals surface area contributed by atoms with E-state index in [4.69, 9.17) is 23.1 Å². The second-order valence-electron chi connectivity index (χ2n) is 5.46. The third-order valence-corrected chi connectivity index (χ3v) is 4.03. The Balaban J connectivity index is 2.17. The fraction of sp³-hybridized carbons (Fsp3) is 0. The van der Waals surface area contributed by atoms with Gasteiger partial charge in [-0.15, -0.1) is 0 Å². The van der Waals surface area contributed by atoms with E-state index in [2.05, 4.69) is 16.9 Å². The van der Waals surface area contributed by atoms with Gasteiger partial charge in [0.05, 0.1) is 10.7 Å². The number of fused-ring (bicyclic) bond motifs is 1. The van der Waals surface area contributed by atoms with E-state index in [1.54, 1.807) is 18.2 Å². The average Bonchev–Trinajstić information content (AvgIpc) is 2.60. The number of pyridine rings is 1. The summed E-state index contributed by atoms with van der Waals surface area (Å²) in [7, 11) is 0. The second kappa shape index (κ2) is 6.83. The normalized spacial score (nSPS) is 10.5. The highest BCUT2D eigenvalue weighted by molar-refractivity contribution is 6.35. The molecule has 4 nitrogen and oxygen atoms in total. The lowest BCUT2D eigenvalue weighted by Gasteiger charge is -2.12. The number of nitrogens with one attached hydrogen (secondary N) is 1. The molecule has 0 saturated carbocycles. The lowest BCUT2D eigenvalue weighted by Crippen LogP contribution is -2.14. The first kappa shape index (κ1) is 16.8. The van der Waals surface area contributed by atoms with Gasteiger partial charge in [-0.2, -0.15) is 0 Å². The van der Waals surface area contributed by atoms with Gasteiger partial charge in [0.25, 0.3) is 0 Å². The summed E-state index contributed by atoms with van der Waals surface area (Å²) in [5, 5.41) is 4.91. The minimum absolute atomic E-state index is 0.138. The van der Waals surface area contributed by atoms with Crippen LogP contribution in [0.15, 0.2) is 67.3 Å². The van der Waals surface area contributed by atoms with Gasteiger partial charge in [-0.25, -0.2) is 4.39 Å². The molecule has 2 aromatic carbocycles. The summed E-state index contributed by atoms with van der Waals surface area (Å²) in [6, 6.07) is 12.0. The average molecular weight is 355 g/mol. The summed E-state index contributed by atoms with van der Waals surface area (Å²) < 4.78 is 14.2. The molecule has 0 bridgehead atoms. The molecule has 0 radical (unpaired) electrons. The Morgan fingerprint density at radius 2 is 1.92 bits per heavy atom. The zero-order valence-electron chi connectivity index (χ0n) is 13.3. The van der Waals surface area contributed by atoms with E-state index in [1.165, 1.54) is 18.5 Å². The number of benzene rings is 2. The maximum atomic E-state index is 14.2. The topological polar surface area (TPSA) is 77.0 Å². The van der Waals surface area contributed by atoms with Crippen LogP contribution in [0.3, 0.4) is 0 Å². The van der Waals surface area contributed by atoms with E-state index < -0.39 is 0 Å². The summed E-state index contributed by atoms with van der Waals surface area (Å²) in [6.45, 7) is 3.95. The largest absolute Gasteiger partial charge is 0.384 e. The molecule has 0 fully saturated rings. The van der Waals surface area contributed by atoms with Crippen LogP contribution in [0.4, 0.5) is 4.39 Å². The molecule has 0 aliphatic carbocycles. The van der Waals surface area contributed by atoms with Crippen molar-refractivity contribution in [1.82, 2.24) is 10.3 Å². The number of rotatable bonds is 4. The van der Waals surface area contributed by atoms with Crippen molar-refractivity contribution in [2.45, 2.75) is 0 Å². The fourth-order valence-corrected chi connectivity index (χ4v) is 2.73. The SMILES string of the molecule is C=C(NC=C(N)N)c1ccc2c(Cl)cnc(-c3ccccc3F)c2c1. The van der Waals surface area contributed by atoms with Crippen LogP contribution < -0.4 is 16.8 Å². The Kier molecular flexibility index (Phi) is 4.59. The maximum Gasteiger partial charge on any atom is 0.132 e. The number of nitrogens with two attached hydrogens (primary N) is 2. The molecule has 0 aliphatic rings. The van der Waals surface area contributed by atoms with Crippen LogP contribution in [0.5, 0.6) is 0 Å². The van der Waals surface area contributed by atoms with Crippen LogP contribution in [0.2, 0.25) is 5.02 Å². The highest BCUT2D eigenvalue weighted by Gasteiger charge is 2.13. The number of hydrogen-bond acceptors (Lipinski definition) is 4. The van der Waals surface area contributed by atoms with Gasteiger partial charge in [-0.3, -0.25) is 4.98 Å². The second-order valence-corrected chi connectivity index (χ2v) is 5.87. The minimum atomic E-state index is -0.347. The number of aromatic nitrogens is 1. The first-order chi connectivity index (χ1) is 12.0. The van der Waals surface area contributed by atoms with Crippen LogP contribution in [-0.2, 0) is 0 Å². The van der Waals surface area contributed by atoms with Gasteiger partial charge >= 0.3 is 0 Å². The molecule has 0 saturated heterocycles. The van der Waals surface area contributed by atoms with Crippen LogP contribution in [0.1, 0.15) is 5.56 Å². The van der Waals surface area contributed by atoms with E-state index in [9.17, 15) is 4.39 Å². The van der Waals surface area contributed by atoms with E-state index in [0.717, 1.165) is 16.3 Å². The number of hydrogen-bond donors (Lipinski definition) is 3. The summed E-state index contributed by atoms with van der Waals surface area (Å²) in [5.41, 5.74) is 13.1. The molecule has 1 aromatic heterocycles. The quantitative estimate of drug-likeness (QED) is 0.662. The molecule has 0 unspecified atom stereocenters. The molecule has 3 rings (SSSR count). The monoisotopic (exact) mass is 354 g/mol. The standard InChI is InChI=1S/C19H16ClFN4/c1-11(24-10-18(22)23)12-6-7-13-15(8-12)19(25-9-16(13)20)14-4-2-3-5-17(14)21/h2-10,24H,1,22-23H2. The Morgan fingerprint density at radius 1 is 1.16 bits per heavy atom. The van der Waals surface area contributed by atoms with E-state index >= 15 is 0 Å². The first-order valence-corrected chi connectivity index (χ1v) is 7.85. The zero-order valence-corrected chi connectivity index (χ0v) is 14.0. The van der Waals surface area contributed by atoms with Gasteiger partial charge in [0.2, 0.25) is 0 Å². The van der Waals surface area contributed by atoms with Crippen molar-refractivity contribution in [2.75, 3.05) is 0 Å². The molecular formula is C19H16ClFN4. The van der Waals surface area contributed by atoms with Crippen molar-refractivity contribution in [3.05, 3.63) is 83.7 Å². The molecule has 126 valence electrons. The molecule has 0 atom stereocenters. The molecule has 25 heavy (non-hydrogen) atoms. The highest BCUT2D eigenvalue weighted by Crippen LogP contribution is 2.33. The smallest absolute Gasteiger partial charge is 0.132 e. The maximum absolute atomic E-state index is 14.2. The first-order valence-electron chi connectivity index (χ1n) is 7.47. The third kappa shape index (κ3) is 3.41. The molecular weight excluding hydrogens is 339 g/mol. The highest BCUT2D eigenvalue weighted by atomic mass is 35.5.